The first-order valence-electron chi connectivity index (χ1n) is 9.72. The zero-order chi connectivity index (χ0) is 22.4. The van der Waals surface area contributed by atoms with Gasteiger partial charge in [-0.25, -0.2) is 0 Å². The fraction of sp³-hybridized carbons (Fsp3) is 0.217. The third-order valence-corrected chi connectivity index (χ3v) is 4.84. The largest absolute Gasteiger partial charge is 0.496 e. The summed E-state index contributed by atoms with van der Waals surface area (Å²) in [6.07, 6.45) is 4.78. The van der Waals surface area contributed by atoms with Gasteiger partial charge in [-0.3, -0.25) is 19.6 Å². The van der Waals surface area contributed by atoms with Crippen molar-refractivity contribution in [2.24, 2.45) is 0 Å². The number of hydrogen-bond donors (Lipinski definition) is 0. The second kappa shape index (κ2) is 9.71. The highest BCUT2D eigenvalue weighted by Gasteiger charge is 2.15. The molecule has 0 saturated carbocycles. The number of benzene rings is 2. The van der Waals surface area contributed by atoms with Gasteiger partial charge in [-0.2, -0.15) is 5.10 Å². The Labute approximate surface area is 179 Å². The van der Waals surface area contributed by atoms with Crippen LogP contribution in [0.25, 0.3) is 6.08 Å². The molecule has 160 valence electrons. The van der Waals surface area contributed by atoms with Crippen molar-refractivity contribution in [2.45, 2.75) is 27.0 Å². The van der Waals surface area contributed by atoms with Crippen LogP contribution in [0.4, 0.5) is 5.69 Å². The van der Waals surface area contributed by atoms with E-state index in [0.29, 0.717) is 23.4 Å². The van der Waals surface area contributed by atoms with E-state index in [1.165, 1.54) is 19.3 Å². The van der Waals surface area contributed by atoms with Crippen LogP contribution in [0.3, 0.4) is 0 Å². The molecule has 0 N–H and O–H groups in total. The molecular weight excluding hydrogens is 398 g/mol. The number of ketones is 1. The summed E-state index contributed by atoms with van der Waals surface area (Å²) in [6, 6.07) is 11.6. The zero-order valence-corrected chi connectivity index (χ0v) is 17.6. The number of aromatic nitrogens is 2. The summed E-state index contributed by atoms with van der Waals surface area (Å²) in [6.45, 7) is 4.61. The van der Waals surface area contributed by atoms with Gasteiger partial charge >= 0.3 is 5.69 Å². The quantitative estimate of drug-likeness (QED) is 0.217. The highest BCUT2D eigenvalue weighted by molar-refractivity contribution is 6.07. The van der Waals surface area contributed by atoms with Crippen molar-refractivity contribution >= 4 is 17.5 Å². The second-order valence-corrected chi connectivity index (χ2v) is 6.74. The van der Waals surface area contributed by atoms with Crippen molar-refractivity contribution in [3.05, 3.63) is 87.2 Å². The van der Waals surface area contributed by atoms with Gasteiger partial charge in [0.05, 0.1) is 23.8 Å². The van der Waals surface area contributed by atoms with Crippen LogP contribution < -0.4 is 9.47 Å². The minimum Gasteiger partial charge on any atom is -0.496 e. The lowest BCUT2D eigenvalue weighted by molar-refractivity contribution is -0.385. The van der Waals surface area contributed by atoms with Gasteiger partial charge in [0.15, 0.2) is 11.5 Å². The van der Waals surface area contributed by atoms with Crippen LogP contribution in [0.5, 0.6) is 11.5 Å². The Hall–Kier alpha value is -3.94. The molecule has 0 radical (unpaired) electrons. The molecule has 0 aliphatic rings. The highest BCUT2D eigenvalue weighted by Crippen LogP contribution is 2.28. The minimum atomic E-state index is -0.486. The number of methoxy groups -OCH3 is 1. The summed E-state index contributed by atoms with van der Waals surface area (Å²) in [5, 5.41) is 15.4. The van der Waals surface area contributed by atoms with E-state index in [1.807, 2.05) is 26.0 Å². The van der Waals surface area contributed by atoms with E-state index in [1.54, 1.807) is 41.2 Å². The summed E-state index contributed by atoms with van der Waals surface area (Å²) >= 11 is 0. The number of ether oxygens (including phenoxy) is 2. The molecule has 3 rings (SSSR count). The average Bonchev–Trinajstić information content (AvgIpc) is 3.16. The third kappa shape index (κ3) is 4.98. The van der Waals surface area contributed by atoms with Gasteiger partial charge in [-0.05, 0) is 43.7 Å². The van der Waals surface area contributed by atoms with Crippen LogP contribution in [-0.2, 0) is 13.2 Å². The number of nitro groups is 1. The van der Waals surface area contributed by atoms with E-state index in [0.717, 1.165) is 11.3 Å². The Morgan fingerprint density at radius 3 is 2.68 bits per heavy atom. The third-order valence-electron chi connectivity index (χ3n) is 4.84. The van der Waals surface area contributed by atoms with Crippen LogP contribution in [0, 0.1) is 17.0 Å². The molecule has 0 saturated heterocycles. The summed E-state index contributed by atoms with van der Waals surface area (Å²) in [5.74, 6) is 0.627. The Kier molecular flexibility index (Phi) is 6.81. The zero-order valence-electron chi connectivity index (χ0n) is 17.6. The molecular formula is C23H23N3O5. The monoisotopic (exact) mass is 421 g/mol. The van der Waals surface area contributed by atoms with Crippen molar-refractivity contribution in [2.75, 3.05) is 7.11 Å². The highest BCUT2D eigenvalue weighted by atomic mass is 16.6. The standard InChI is InChI=1S/C23H23N3O5/c1-4-25-16(2)19(14-24-25)21(27)11-9-17-10-12-22(30-3)18(13-17)15-31-23-8-6-5-7-20(23)26(28)29/h5-14H,4,15H2,1-3H3/b11-9+. The lowest BCUT2D eigenvalue weighted by atomic mass is 10.1. The molecule has 2 aromatic carbocycles. The predicted octanol–water partition coefficient (Wildman–Crippen LogP) is 4.60. The first-order chi connectivity index (χ1) is 14.9. The van der Waals surface area contributed by atoms with Crippen LogP contribution in [-0.4, -0.2) is 27.6 Å². The molecule has 3 aromatic rings. The molecule has 0 spiro atoms. The van der Waals surface area contributed by atoms with Gasteiger partial charge in [0.25, 0.3) is 0 Å². The number of carbonyl (C=O) groups excluding carboxylic acids is 1. The predicted molar refractivity (Wildman–Crippen MR) is 116 cm³/mol. The average molecular weight is 421 g/mol. The van der Waals surface area contributed by atoms with Crippen molar-refractivity contribution in [1.82, 2.24) is 9.78 Å². The summed E-state index contributed by atoms with van der Waals surface area (Å²) in [7, 11) is 1.54. The smallest absolute Gasteiger partial charge is 0.310 e. The lowest BCUT2D eigenvalue weighted by Crippen LogP contribution is -2.02. The van der Waals surface area contributed by atoms with Gasteiger partial charge in [0, 0.05) is 23.9 Å². The molecule has 1 aromatic heterocycles. The summed E-state index contributed by atoms with van der Waals surface area (Å²) < 4.78 is 12.8. The lowest BCUT2D eigenvalue weighted by Gasteiger charge is -2.11. The SMILES string of the molecule is CCn1ncc(C(=O)/C=C/c2ccc(OC)c(COc3ccccc3[N+](=O)[O-])c2)c1C. The van der Waals surface area contributed by atoms with Crippen LogP contribution >= 0.6 is 0 Å². The molecule has 0 amide bonds. The Morgan fingerprint density at radius 1 is 1.23 bits per heavy atom. The van der Waals surface area contributed by atoms with Crippen molar-refractivity contribution < 1.29 is 19.2 Å². The van der Waals surface area contributed by atoms with Crippen molar-refractivity contribution in [1.29, 1.82) is 0 Å². The Morgan fingerprint density at radius 2 is 2.00 bits per heavy atom. The van der Waals surface area contributed by atoms with E-state index in [4.69, 9.17) is 9.47 Å². The molecule has 8 heteroatoms. The second-order valence-electron chi connectivity index (χ2n) is 6.74. The Bertz CT molecular complexity index is 1130. The number of nitro benzene ring substituents is 1. The topological polar surface area (TPSA) is 96.5 Å². The van der Waals surface area contributed by atoms with E-state index in [2.05, 4.69) is 5.10 Å². The normalized spacial score (nSPS) is 10.9. The maximum atomic E-state index is 12.5. The van der Waals surface area contributed by atoms with Gasteiger partial charge in [-0.15, -0.1) is 0 Å². The fourth-order valence-corrected chi connectivity index (χ4v) is 3.17. The number of para-hydroxylation sites is 2. The fourth-order valence-electron chi connectivity index (χ4n) is 3.17. The van der Waals surface area contributed by atoms with E-state index in [9.17, 15) is 14.9 Å². The molecule has 0 aliphatic carbocycles. The first kappa shape index (κ1) is 21.8. The number of hydrogen-bond acceptors (Lipinski definition) is 6. The molecule has 0 fully saturated rings. The maximum absolute atomic E-state index is 12.5. The number of aryl methyl sites for hydroxylation is 1. The number of rotatable bonds is 9. The van der Waals surface area contributed by atoms with E-state index < -0.39 is 4.92 Å². The van der Waals surface area contributed by atoms with Gasteiger partial charge < -0.3 is 9.47 Å². The van der Waals surface area contributed by atoms with Crippen LogP contribution in [0.2, 0.25) is 0 Å². The van der Waals surface area contributed by atoms with Gasteiger partial charge in [0.1, 0.15) is 12.4 Å². The molecule has 1 heterocycles. The summed E-state index contributed by atoms with van der Waals surface area (Å²) in [4.78, 5) is 23.2. The molecule has 0 atom stereocenters. The molecule has 0 bridgehead atoms. The van der Waals surface area contributed by atoms with E-state index >= 15 is 0 Å². The minimum absolute atomic E-state index is 0.0754. The van der Waals surface area contributed by atoms with Crippen molar-refractivity contribution in [3.8, 4) is 11.5 Å². The Balaban J connectivity index is 1.79. The number of nitrogens with zero attached hydrogens (tertiary/aromatic N) is 3. The van der Waals surface area contributed by atoms with Gasteiger partial charge in [0.2, 0.25) is 0 Å². The summed E-state index contributed by atoms with van der Waals surface area (Å²) in [5.41, 5.74) is 2.75. The molecule has 31 heavy (non-hydrogen) atoms. The van der Waals surface area contributed by atoms with Gasteiger partial charge in [-0.1, -0.05) is 24.3 Å². The van der Waals surface area contributed by atoms with Crippen LogP contribution in [0.15, 0.2) is 54.7 Å². The molecule has 0 aliphatic heterocycles. The molecule has 8 nitrogen and oxygen atoms in total. The number of carbonyl (C=O) groups is 1. The van der Waals surface area contributed by atoms with Crippen molar-refractivity contribution in [3.63, 3.8) is 0 Å². The van der Waals surface area contributed by atoms with Crippen LogP contribution in [0.1, 0.15) is 34.1 Å². The molecule has 0 unspecified atom stereocenters. The maximum Gasteiger partial charge on any atom is 0.310 e. The number of allylic oxidation sites excluding steroid dienone is 1. The van der Waals surface area contributed by atoms with E-state index in [-0.39, 0.29) is 23.8 Å². The first-order valence-corrected chi connectivity index (χ1v) is 9.72.